The van der Waals surface area contributed by atoms with Gasteiger partial charge in [0.05, 0.1) is 18.8 Å². The van der Waals surface area contributed by atoms with Gasteiger partial charge in [0.2, 0.25) is 5.91 Å². The van der Waals surface area contributed by atoms with Gasteiger partial charge in [-0.2, -0.15) is 0 Å². The van der Waals surface area contributed by atoms with Gasteiger partial charge in [-0.3, -0.25) is 9.59 Å². The molecule has 0 radical (unpaired) electrons. The van der Waals surface area contributed by atoms with Crippen LogP contribution in [0.5, 0.6) is 0 Å². The SMILES string of the molecule is O=C(NCC(=O)N1CCC(OC2CCC2)CC1)c1ccc(F)cc1. The molecule has 1 saturated heterocycles. The van der Waals surface area contributed by atoms with Crippen LogP contribution in [-0.4, -0.2) is 48.6 Å². The maximum Gasteiger partial charge on any atom is 0.251 e. The van der Waals surface area contributed by atoms with Crippen LogP contribution in [0.1, 0.15) is 42.5 Å². The Kier molecular flexibility index (Phi) is 5.45. The summed E-state index contributed by atoms with van der Waals surface area (Å²) in [6, 6.07) is 5.25. The van der Waals surface area contributed by atoms with Gasteiger partial charge in [0.1, 0.15) is 5.82 Å². The second kappa shape index (κ2) is 7.75. The monoisotopic (exact) mass is 334 g/mol. The summed E-state index contributed by atoms with van der Waals surface area (Å²) < 4.78 is 18.8. The summed E-state index contributed by atoms with van der Waals surface area (Å²) in [6.07, 6.45) is 5.97. The number of amides is 2. The average molecular weight is 334 g/mol. The Labute approximate surface area is 141 Å². The van der Waals surface area contributed by atoms with Gasteiger partial charge < -0.3 is 15.0 Å². The molecule has 1 aliphatic carbocycles. The Balaban J connectivity index is 1.39. The molecule has 2 aliphatic rings. The predicted molar refractivity (Wildman–Crippen MR) is 87.1 cm³/mol. The van der Waals surface area contributed by atoms with Gasteiger partial charge in [0, 0.05) is 18.7 Å². The Morgan fingerprint density at radius 1 is 1.08 bits per heavy atom. The van der Waals surface area contributed by atoms with Gasteiger partial charge in [-0.15, -0.1) is 0 Å². The number of hydrogen-bond donors (Lipinski definition) is 1. The number of piperidine rings is 1. The second-order valence-corrected chi connectivity index (χ2v) is 6.46. The first-order valence-corrected chi connectivity index (χ1v) is 8.59. The fourth-order valence-corrected chi connectivity index (χ4v) is 2.99. The zero-order chi connectivity index (χ0) is 16.9. The van der Waals surface area contributed by atoms with Crippen molar-refractivity contribution >= 4 is 11.8 Å². The van der Waals surface area contributed by atoms with E-state index >= 15 is 0 Å². The fourth-order valence-electron chi connectivity index (χ4n) is 2.99. The number of likely N-dealkylation sites (tertiary alicyclic amines) is 1. The number of rotatable bonds is 5. The van der Waals surface area contributed by atoms with Gasteiger partial charge >= 0.3 is 0 Å². The van der Waals surface area contributed by atoms with Crippen LogP contribution in [0.15, 0.2) is 24.3 Å². The molecule has 130 valence electrons. The molecule has 2 fully saturated rings. The van der Waals surface area contributed by atoms with Gasteiger partial charge in [0.15, 0.2) is 0 Å². The fraction of sp³-hybridized carbons (Fsp3) is 0.556. The number of halogens is 1. The normalized spacial score (nSPS) is 19.0. The molecule has 0 spiro atoms. The molecule has 1 aliphatic heterocycles. The van der Waals surface area contributed by atoms with Crippen molar-refractivity contribution in [3.63, 3.8) is 0 Å². The van der Waals surface area contributed by atoms with E-state index in [1.54, 1.807) is 4.90 Å². The smallest absolute Gasteiger partial charge is 0.251 e. The van der Waals surface area contributed by atoms with E-state index in [4.69, 9.17) is 4.74 Å². The van der Waals surface area contributed by atoms with Crippen LogP contribution in [0.4, 0.5) is 4.39 Å². The highest BCUT2D eigenvalue weighted by Crippen LogP contribution is 2.26. The molecule has 1 N–H and O–H groups in total. The third-order valence-electron chi connectivity index (χ3n) is 4.74. The number of carbonyl (C=O) groups is 2. The summed E-state index contributed by atoms with van der Waals surface area (Å²) in [5.74, 6) is -0.853. The highest BCUT2D eigenvalue weighted by atomic mass is 19.1. The second-order valence-electron chi connectivity index (χ2n) is 6.46. The number of hydrogen-bond acceptors (Lipinski definition) is 3. The van der Waals surface area contributed by atoms with E-state index in [0.29, 0.717) is 24.8 Å². The zero-order valence-corrected chi connectivity index (χ0v) is 13.7. The van der Waals surface area contributed by atoms with E-state index < -0.39 is 5.82 Å². The van der Waals surface area contributed by atoms with Gasteiger partial charge in [-0.05, 0) is 56.4 Å². The Morgan fingerprint density at radius 3 is 2.29 bits per heavy atom. The van der Waals surface area contributed by atoms with Crippen LogP contribution < -0.4 is 5.32 Å². The minimum Gasteiger partial charge on any atom is -0.375 e. The number of nitrogens with zero attached hydrogens (tertiary/aromatic N) is 1. The van der Waals surface area contributed by atoms with Crippen molar-refractivity contribution in [3.8, 4) is 0 Å². The summed E-state index contributed by atoms with van der Waals surface area (Å²) in [5, 5.41) is 2.59. The van der Waals surface area contributed by atoms with Crippen LogP contribution >= 0.6 is 0 Å². The van der Waals surface area contributed by atoms with Crippen molar-refractivity contribution in [3.05, 3.63) is 35.6 Å². The standard InChI is InChI=1S/C18H23FN2O3/c19-14-6-4-13(5-7-14)18(23)20-12-17(22)21-10-8-16(9-11-21)24-15-2-1-3-15/h4-7,15-16H,1-3,8-12H2,(H,20,23). The summed E-state index contributed by atoms with van der Waals surface area (Å²) in [6.45, 7) is 1.30. The lowest BCUT2D eigenvalue weighted by molar-refractivity contribution is -0.134. The van der Waals surface area contributed by atoms with Crippen LogP contribution in [0, 0.1) is 5.82 Å². The third kappa shape index (κ3) is 4.32. The molecular formula is C18H23FN2O3. The Hall–Kier alpha value is -1.95. The van der Waals surface area contributed by atoms with Crippen molar-refractivity contribution in [2.45, 2.75) is 44.3 Å². The molecule has 24 heavy (non-hydrogen) atoms. The van der Waals surface area contributed by atoms with Crippen molar-refractivity contribution in [1.29, 1.82) is 0 Å². The largest absolute Gasteiger partial charge is 0.375 e. The molecule has 0 aromatic heterocycles. The van der Waals surface area contributed by atoms with Crippen LogP contribution in [0.3, 0.4) is 0 Å². The first kappa shape index (κ1) is 16.9. The van der Waals surface area contributed by atoms with Crippen molar-refractivity contribution in [2.75, 3.05) is 19.6 Å². The first-order chi connectivity index (χ1) is 11.6. The van der Waals surface area contributed by atoms with E-state index in [1.165, 1.54) is 30.7 Å². The molecule has 5 nitrogen and oxygen atoms in total. The summed E-state index contributed by atoms with van der Waals surface area (Å²) in [7, 11) is 0. The topological polar surface area (TPSA) is 58.6 Å². The number of carbonyl (C=O) groups excluding carboxylic acids is 2. The lowest BCUT2D eigenvalue weighted by Crippen LogP contribution is -2.46. The molecule has 1 aromatic carbocycles. The van der Waals surface area contributed by atoms with E-state index in [2.05, 4.69) is 5.32 Å². The molecule has 0 atom stereocenters. The summed E-state index contributed by atoms with van der Waals surface area (Å²) in [4.78, 5) is 25.9. The first-order valence-electron chi connectivity index (χ1n) is 8.59. The number of benzene rings is 1. The molecular weight excluding hydrogens is 311 g/mol. The molecule has 1 heterocycles. The highest BCUT2D eigenvalue weighted by Gasteiger charge is 2.27. The van der Waals surface area contributed by atoms with Crippen LogP contribution in [-0.2, 0) is 9.53 Å². The van der Waals surface area contributed by atoms with Crippen LogP contribution in [0.2, 0.25) is 0 Å². The molecule has 0 bridgehead atoms. The Bertz CT molecular complexity index is 578. The quantitative estimate of drug-likeness (QED) is 0.897. The van der Waals surface area contributed by atoms with Crippen molar-refractivity contribution < 1.29 is 18.7 Å². The predicted octanol–water partition coefficient (Wildman–Crippen LogP) is 2.12. The van der Waals surface area contributed by atoms with Gasteiger partial charge in [-0.1, -0.05) is 0 Å². The zero-order valence-electron chi connectivity index (χ0n) is 13.7. The lowest BCUT2D eigenvalue weighted by Gasteiger charge is -2.36. The van der Waals surface area contributed by atoms with Gasteiger partial charge in [0.25, 0.3) is 5.91 Å². The lowest BCUT2D eigenvalue weighted by atomic mass is 9.95. The molecule has 2 amide bonds. The van der Waals surface area contributed by atoms with Crippen molar-refractivity contribution in [2.24, 2.45) is 0 Å². The molecule has 6 heteroatoms. The molecule has 3 rings (SSSR count). The maximum absolute atomic E-state index is 12.8. The minimum absolute atomic E-state index is 0.0373. The number of nitrogens with one attached hydrogen (secondary N) is 1. The highest BCUT2D eigenvalue weighted by molar-refractivity contribution is 5.96. The van der Waals surface area contributed by atoms with E-state index in [-0.39, 0.29) is 24.5 Å². The Morgan fingerprint density at radius 2 is 1.71 bits per heavy atom. The number of ether oxygens (including phenoxy) is 1. The van der Waals surface area contributed by atoms with E-state index in [9.17, 15) is 14.0 Å². The summed E-state index contributed by atoms with van der Waals surface area (Å²) >= 11 is 0. The summed E-state index contributed by atoms with van der Waals surface area (Å²) in [5.41, 5.74) is 0.344. The maximum atomic E-state index is 12.8. The third-order valence-corrected chi connectivity index (χ3v) is 4.74. The molecule has 0 unspecified atom stereocenters. The average Bonchev–Trinajstić information content (AvgIpc) is 2.57. The van der Waals surface area contributed by atoms with Crippen LogP contribution in [0.25, 0.3) is 0 Å². The van der Waals surface area contributed by atoms with E-state index in [1.807, 2.05) is 0 Å². The molecule has 1 saturated carbocycles. The minimum atomic E-state index is -0.394. The van der Waals surface area contributed by atoms with E-state index in [0.717, 1.165) is 25.7 Å². The molecule has 1 aromatic rings. The van der Waals surface area contributed by atoms with Gasteiger partial charge in [-0.25, -0.2) is 4.39 Å². The van der Waals surface area contributed by atoms with Crippen molar-refractivity contribution in [1.82, 2.24) is 10.2 Å².